The number of hydrogen-bond acceptors (Lipinski definition) is 1. The Hall–Kier alpha value is -5.41. The predicted molar refractivity (Wildman–Crippen MR) is 169 cm³/mol. The first kappa shape index (κ1) is 22.6. The molecule has 0 radical (unpaired) electrons. The fraction of sp³-hybridized carbons (Fsp3) is 0. The normalized spacial score (nSPS) is 12.3. The zero-order chi connectivity index (χ0) is 26.8. The Bertz CT molecular complexity index is 2410. The van der Waals surface area contributed by atoms with Crippen molar-refractivity contribution < 1.29 is 0 Å². The smallest absolute Gasteiger partial charge is 0.0702 e. The predicted octanol–water partition coefficient (Wildman–Crippen LogP) is 7.78. The average molecular weight is 512 g/mol. The number of nitrogens with zero attached hydrogens (tertiary/aromatic N) is 3. The number of allylic oxidation sites excluding steroid dienone is 1. The number of fused-ring (bicyclic) bond motifs is 9. The van der Waals surface area contributed by atoms with Gasteiger partial charge in [-0.3, -0.25) is 4.98 Å². The number of hydrogen-bond donors (Lipinski definition) is 0. The lowest BCUT2D eigenvalue weighted by molar-refractivity contribution is 1.07. The lowest BCUT2D eigenvalue weighted by atomic mass is 10.1. The van der Waals surface area contributed by atoms with Crippen LogP contribution in [0.2, 0.25) is 0 Å². The van der Waals surface area contributed by atoms with Crippen LogP contribution >= 0.6 is 0 Å². The maximum Gasteiger partial charge on any atom is 0.0702 e. The summed E-state index contributed by atoms with van der Waals surface area (Å²) in [4.78, 5) is 4.58. The second-order valence-electron chi connectivity index (χ2n) is 10.2. The van der Waals surface area contributed by atoms with Crippen LogP contribution in [0.3, 0.4) is 0 Å². The van der Waals surface area contributed by atoms with Gasteiger partial charge in [0.1, 0.15) is 0 Å². The second kappa shape index (κ2) is 8.55. The van der Waals surface area contributed by atoms with Gasteiger partial charge in [-0.1, -0.05) is 79.9 Å². The van der Waals surface area contributed by atoms with Crippen LogP contribution in [-0.4, -0.2) is 14.0 Å². The third kappa shape index (κ3) is 3.15. The minimum Gasteiger partial charge on any atom is -0.309 e. The quantitative estimate of drug-likeness (QED) is 0.222. The first-order valence-electron chi connectivity index (χ1n) is 13.5. The SMILES string of the molecule is C=C/C=c1\c(=C)c2cc3cc4c5ccccc5c5ccccc5n4c3cc2n1-c1cccc(-c2ccccn2)c1. The van der Waals surface area contributed by atoms with E-state index in [0.29, 0.717) is 0 Å². The summed E-state index contributed by atoms with van der Waals surface area (Å²) >= 11 is 0. The Morgan fingerprint density at radius 3 is 2.20 bits per heavy atom. The highest BCUT2D eigenvalue weighted by Gasteiger charge is 2.16. The molecule has 3 heteroatoms. The third-order valence-electron chi connectivity index (χ3n) is 8.01. The van der Waals surface area contributed by atoms with E-state index in [-0.39, 0.29) is 0 Å². The summed E-state index contributed by atoms with van der Waals surface area (Å²) in [6, 6.07) is 38.9. The van der Waals surface area contributed by atoms with E-state index in [1.165, 1.54) is 38.1 Å². The first-order chi connectivity index (χ1) is 19.7. The Morgan fingerprint density at radius 1 is 0.625 bits per heavy atom. The standard InChI is InChI=1S/C37H25N3/c1-3-11-33-24(2)31-21-26-22-36-30-16-5-4-14-28(30)29-15-6-7-18-34(29)40(36)35(26)23-37(31)39(33)27-13-10-12-25(20-27)32-17-8-9-19-38-32/h3-23H,1-2H2/b33-11+. The molecule has 0 N–H and O–H groups in total. The summed E-state index contributed by atoms with van der Waals surface area (Å²) in [6.45, 7) is 8.54. The molecule has 4 heterocycles. The molecule has 8 aromatic rings. The number of benzene rings is 4. The summed E-state index contributed by atoms with van der Waals surface area (Å²) in [7, 11) is 0. The molecular weight excluding hydrogens is 486 g/mol. The molecule has 0 aliphatic rings. The van der Waals surface area contributed by atoms with Crippen LogP contribution in [0.5, 0.6) is 0 Å². The summed E-state index contributed by atoms with van der Waals surface area (Å²) in [5.41, 5.74) is 7.78. The topological polar surface area (TPSA) is 22.2 Å². The molecule has 0 fully saturated rings. The van der Waals surface area contributed by atoms with Gasteiger partial charge in [-0.25, -0.2) is 0 Å². The van der Waals surface area contributed by atoms with Gasteiger partial charge in [-0.15, -0.1) is 0 Å². The molecule has 0 aliphatic carbocycles. The molecular formula is C37H25N3. The van der Waals surface area contributed by atoms with Gasteiger partial charge in [-0.2, -0.15) is 0 Å². The minimum absolute atomic E-state index is 0.947. The molecule has 188 valence electrons. The van der Waals surface area contributed by atoms with Gasteiger partial charge >= 0.3 is 0 Å². The minimum atomic E-state index is 0.947. The van der Waals surface area contributed by atoms with E-state index in [0.717, 1.165) is 38.4 Å². The van der Waals surface area contributed by atoms with Gasteiger partial charge in [-0.05, 0) is 60.0 Å². The molecule has 4 aromatic carbocycles. The summed E-state index contributed by atoms with van der Waals surface area (Å²) in [6.07, 6.45) is 5.72. The highest BCUT2D eigenvalue weighted by molar-refractivity contribution is 6.16. The zero-order valence-corrected chi connectivity index (χ0v) is 21.9. The van der Waals surface area contributed by atoms with E-state index in [1.807, 2.05) is 30.5 Å². The van der Waals surface area contributed by atoms with Crippen molar-refractivity contribution in [2.75, 3.05) is 0 Å². The second-order valence-corrected chi connectivity index (χ2v) is 10.2. The summed E-state index contributed by atoms with van der Waals surface area (Å²) in [5.74, 6) is 0. The van der Waals surface area contributed by atoms with Gasteiger partial charge in [0.2, 0.25) is 0 Å². The number of rotatable bonds is 3. The maximum absolute atomic E-state index is 4.58. The van der Waals surface area contributed by atoms with E-state index in [9.17, 15) is 0 Å². The van der Waals surface area contributed by atoms with Crippen LogP contribution in [0.4, 0.5) is 0 Å². The molecule has 3 nitrogen and oxygen atoms in total. The van der Waals surface area contributed by atoms with Crippen LogP contribution in [0.15, 0.2) is 128 Å². The van der Waals surface area contributed by atoms with Crippen LogP contribution < -0.4 is 10.6 Å². The van der Waals surface area contributed by atoms with E-state index in [2.05, 4.69) is 124 Å². The van der Waals surface area contributed by atoms with Crippen molar-refractivity contribution in [1.29, 1.82) is 0 Å². The molecule has 0 unspecified atom stereocenters. The highest BCUT2D eigenvalue weighted by Crippen LogP contribution is 2.35. The van der Waals surface area contributed by atoms with Crippen molar-refractivity contribution in [2.45, 2.75) is 0 Å². The van der Waals surface area contributed by atoms with Crippen LogP contribution in [-0.2, 0) is 0 Å². The molecule has 0 aliphatic heterocycles. The summed E-state index contributed by atoms with van der Waals surface area (Å²) < 4.78 is 4.71. The van der Waals surface area contributed by atoms with Crippen LogP contribution in [0, 0.1) is 0 Å². The van der Waals surface area contributed by atoms with E-state index in [1.54, 1.807) is 0 Å². The third-order valence-corrected chi connectivity index (χ3v) is 8.01. The van der Waals surface area contributed by atoms with Crippen molar-refractivity contribution in [1.82, 2.24) is 14.0 Å². The van der Waals surface area contributed by atoms with Crippen LogP contribution in [0.25, 0.3) is 78.6 Å². The van der Waals surface area contributed by atoms with Gasteiger partial charge < -0.3 is 8.97 Å². The van der Waals surface area contributed by atoms with Gasteiger partial charge in [0, 0.05) is 44.2 Å². The Labute approximate surface area is 230 Å². The van der Waals surface area contributed by atoms with Gasteiger partial charge in [0.15, 0.2) is 0 Å². The van der Waals surface area contributed by atoms with Crippen molar-refractivity contribution in [3.63, 3.8) is 0 Å². The molecule has 8 rings (SSSR count). The number of aromatic nitrogens is 3. The van der Waals surface area contributed by atoms with Gasteiger partial charge in [0.25, 0.3) is 0 Å². The highest BCUT2D eigenvalue weighted by atomic mass is 15.0. The molecule has 0 bridgehead atoms. The lowest BCUT2D eigenvalue weighted by Gasteiger charge is -2.11. The van der Waals surface area contributed by atoms with E-state index >= 15 is 0 Å². The van der Waals surface area contributed by atoms with E-state index in [4.69, 9.17) is 0 Å². The molecule has 40 heavy (non-hydrogen) atoms. The summed E-state index contributed by atoms with van der Waals surface area (Å²) in [5, 5.41) is 8.13. The van der Waals surface area contributed by atoms with Crippen molar-refractivity contribution >= 4 is 61.7 Å². The molecule has 0 amide bonds. The Morgan fingerprint density at radius 2 is 1.40 bits per heavy atom. The Balaban J connectivity index is 1.52. The average Bonchev–Trinajstić information content (AvgIpc) is 3.52. The maximum atomic E-state index is 4.58. The molecule has 4 aromatic heterocycles. The molecule has 0 saturated heterocycles. The fourth-order valence-electron chi connectivity index (χ4n) is 6.27. The molecule has 0 spiro atoms. The van der Waals surface area contributed by atoms with Crippen LogP contribution in [0.1, 0.15) is 0 Å². The Kier molecular flexibility index (Phi) is 4.82. The number of para-hydroxylation sites is 1. The zero-order valence-electron chi connectivity index (χ0n) is 21.9. The van der Waals surface area contributed by atoms with Gasteiger partial charge in [0.05, 0.1) is 33.1 Å². The van der Waals surface area contributed by atoms with Crippen molar-refractivity contribution in [3.05, 3.63) is 139 Å². The largest absolute Gasteiger partial charge is 0.309 e. The number of pyridine rings is 2. The first-order valence-corrected chi connectivity index (χ1v) is 13.5. The fourth-order valence-corrected chi connectivity index (χ4v) is 6.27. The molecule has 0 atom stereocenters. The van der Waals surface area contributed by atoms with Crippen molar-refractivity contribution in [3.8, 4) is 16.9 Å². The molecule has 0 saturated carbocycles. The van der Waals surface area contributed by atoms with Crippen molar-refractivity contribution in [2.24, 2.45) is 0 Å². The van der Waals surface area contributed by atoms with E-state index < -0.39 is 0 Å². The lowest BCUT2D eigenvalue weighted by Crippen LogP contribution is -2.26. The monoisotopic (exact) mass is 511 g/mol.